The average molecular weight is 169 g/mol. The van der Waals surface area contributed by atoms with Crippen LogP contribution in [0.25, 0.3) is 10.4 Å². The molecule has 0 aromatic rings. The van der Waals surface area contributed by atoms with Gasteiger partial charge in [-0.1, -0.05) is 4.78 Å². The van der Waals surface area contributed by atoms with E-state index in [1.165, 1.54) is 0 Å². The van der Waals surface area contributed by atoms with E-state index in [2.05, 4.69) is 13.6 Å². The van der Waals surface area contributed by atoms with Crippen molar-refractivity contribution in [3.63, 3.8) is 0 Å². The quantitative estimate of drug-likeness (QED) is 0.194. The monoisotopic (exact) mass is 169 g/mol. The Morgan fingerprint density at radius 1 is 1.78 bits per heavy atom. The number of hydrogen-bond acceptors (Lipinski definition) is 4. The molecule has 0 atom stereocenters. The van der Waals surface area contributed by atoms with Gasteiger partial charge in [0.25, 0.3) is 9.92 Å². The molecular formula is H3N3O4SSi. The summed E-state index contributed by atoms with van der Waals surface area (Å²) in [7, 11) is -6.22. The summed E-state index contributed by atoms with van der Waals surface area (Å²) in [6.07, 6.45) is 0. The molecule has 0 aliphatic carbocycles. The topological polar surface area (TPSA) is 112 Å². The van der Waals surface area contributed by atoms with Gasteiger partial charge < -0.3 is 0 Å². The van der Waals surface area contributed by atoms with Crippen molar-refractivity contribution in [2.24, 2.45) is 4.78 Å². The molecule has 0 aromatic carbocycles. The minimum absolute atomic E-state index is 1.82. The standard InChI is InChI=1S/H3N3O4SSi/c1-2-3-9-7-8(4,5)6/h9H2,(H,4,5,6). The van der Waals surface area contributed by atoms with Gasteiger partial charge in [-0.25, -0.2) is 0 Å². The second-order valence-corrected chi connectivity index (χ2v) is 3.24. The van der Waals surface area contributed by atoms with Crippen molar-refractivity contribution in [3.8, 4) is 0 Å². The van der Waals surface area contributed by atoms with Crippen LogP contribution in [0.3, 0.4) is 0 Å². The largest absolute Gasteiger partial charge is 0.387 e. The lowest BCUT2D eigenvalue weighted by Gasteiger charge is -1.89. The van der Waals surface area contributed by atoms with Gasteiger partial charge in [-0.15, -0.1) is 0 Å². The molecule has 0 radical (unpaired) electrons. The van der Waals surface area contributed by atoms with Gasteiger partial charge in [0.05, 0.1) is 0 Å². The van der Waals surface area contributed by atoms with E-state index < -0.39 is 20.3 Å². The first kappa shape index (κ1) is 8.40. The third-order valence-corrected chi connectivity index (χ3v) is 2.18. The maximum Gasteiger partial charge on any atom is 0.387 e. The highest BCUT2D eigenvalue weighted by Crippen LogP contribution is 1.82. The van der Waals surface area contributed by atoms with Crippen molar-refractivity contribution in [3.05, 3.63) is 10.4 Å². The molecule has 9 heteroatoms. The van der Waals surface area contributed by atoms with Crippen LogP contribution in [-0.2, 0) is 14.3 Å². The molecule has 0 aliphatic rings. The molecule has 0 rings (SSSR count). The highest BCUT2D eigenvalue weighted by molar-refractivity contribution is 7.81. The van der Waals surface area contributed by atoms with Gasteiger partial charge >= 0.3 is 10.4 Å². The number of rotatable bonds is 3. The Kier molecular flexibility index (Phi) is 3.20. The third-order valence-electron chi connectivity index (χ3n) is 0.323. The Labute approximate surface area is 53.2 Å². The third kappa shape index (κ3) is 7.40. The summed E-state index contributed by atoms with van der Waals surface area (Å²) < 4.78 is 33.8. The van der Waals surface area contributed by atoms with Gasteiger partial charge in [0.2, 0.25) is 0 Å². The minimum Gasteiger partial charge on any atom is -0.296 e. The second-order valence-electron chi connectivity index (χ2n) is 0.906. The average Bonchev–Trinajstić information content (AvgIpc) is 1.63. The first-order chi connectivity index (χ1) is 4.06. The molecule has 0 bridgehead atoms. The summed E-state index contributed by atoms with van der Waals surface area (Å²) in [6.45, 7) is 0. The Balaban J connectivity index is 3.66. The molecule has 0 spiro atoms. The lowest BCUT2D eigenvalue weighted by molar-refractivity contribution is 0.395. The van der Waals surface area contributed by atoms with E-state index in [9.17, 15) is 8.42 Å². The van der Waals surface area contributed by atoms with Crippen molar-refractivity contribution >= 4 is 20.3 Å². The molecule has 0 aliphatic heterocycles. The molecule has 0 saturated carbocycles. The Hall–Kier alpha value is -0.603. The van der Waals surface area contributed by atoms with E-state index in [-0.39, 0.29) is 0 Å². The SMILES string of the molecule is [N-]=[N+]=N[SiH2]OS(=O)(=O)O. The van der Waals surface area contributed by atoms with Crippen molar-refractivity contribution in [2.75, 3.05) is 0 Å². The molecule has 7 nitrogen and oxygen atoms in total. The molecule has 0 amide bonds. The second kappa shape index (κ2) is 3.43. The summed E-state index contributed by atoms with van der Waals surface area (Å²) in [5.74, 6) is 0. The van der Waals surface area contributed by atoms with E-state index in [0.29, 0.717) is 0 Å². The van der Waals surface area contributed by atoms with Gasteiger partial charge in [-0.3, -0.25) is 8.42 Å². The van der Waals surface area contributed by atoms with Crippen LogP contribution in [0.5, 0.6) is 0 Å². The summed E-state index contributed by atoms with van der Waals surface area (Å²) in [6, 6.07) is 0. The van der Waals surface area contributed by atoms with Gasteiger partial charge in [0.1, 0.15) is 0 Å². The smallest absolute Gasteiger partial charge is 0.296 e. The van der Waals surface area contributed by atoms with Crippen molar-refractivity contribution in [1.82, 2.24) is 0 Å². The Bertz CT molecular complexity index is 212. The molecule has 0 unspecified atom stereocenters. The number of azide groups is 1. The fraction of sp³-hybridized carbons (Fsp3) is 0. The van der Waals surface area contributed by atoms with E-state index in [1.54, 1.807) is 0 Å². The first-order valence-corrected chi connectivity index (χ1v) is 4.26. The summed E-state index contributed by atoms with van der Waals surface area (Å²) in [5.41, 5.74) is 7.60. The maximum atomic E-state index is 9.69. The molecule has 0 aromatic heterocycles. The van der Waals surface area contributed by atoms with Gasteiger partial charge in [0.15, 0.2) is 0 Å². The number of nitrogens with zero attached hydrogens (tertiary/aromatic N) is 3. The fourth-order valence-electron chi connectivity index (χ4n) is 0.116. The zero-order valence-electron chi connectivity index (χ0n) is 4.13. The van der Waals surface area contributed by atoms with Crippen LogP contribution < -0.4 is 0 Å². The van der Waals surface area contributed by atoms with Crippen LogP contribution >= 0.6 is 0 Å². The molecule has 0 saturated heterocycles. The van der Waals surface area contributed by atoms with Crippen LogP contribution in [0.15, 0.2) is 4.78 Å². The predicted octanol–water partition coefficient (Wildman–Crippen LogP) is -0.885. The fourth-order valence-corrected chi connectivity index (χ4v) is 0.889. The lowest BCUT2D eigenvalue weighted by Crippen LogP contribution is -2.05. The highest BCUT2D eigenvalue weighted by atomic mass is 32.3. The molecular weight excluding hydrogens is 166 g/mol. The molecule has 9 heavy (non-hydrogen) atoms. The van der Waals surface area contributed by atoms with Crippen molar-refractivity contribution < 1.29 is 16.8 Å². The van der Waals surface area contributed by atoms with Crippen LogP contribution in [-0.4, -0.2) is 22.9 Å². The van der Waals surface area contributed by atoms with Crippen LogP contribution in [0, 0.1) is 0 Å². The zero-order valence-corrected chi connectivity index (χ0v) is 6.36. The van der Waals surface area contributed by atoms with Crippen LogP contribution in [0.1, 0.15) is 0 Å². The molecule has 52 valence electrons. The summed E-state index contributed by atoms with van der Waals surface area (Å²) >= 11 is 0. The summed E-state index contributed by atoms with van der Waals surface area (Å²) in [4.78, 5) is 2.22. The highest BCUT2D eigenvalue weighted by Gasteiger charge is 2.00. The van der Waals surface area contributed by atoms with E-state index in [0.717, 1.165) is 0 Å². The van der Waals surface area contributed by atoms with Gasteiger partial charge in [0, 0.05) is 0 Å². The van der Waals surface area contributed by atoms with Crippen LogP contribution in [0.2, 0.25) is 0 Å². The van der Waals surface area contributed by atoms with Crippen molar-refractivity contribution in [1.29, 1.82) is 0 Å². The molecule has 1 N–H and O–H groups in total. The predicted molar refractivity (Wildman–Crippen MR) is 30.3 cm³/mol. The van der Waals surface area contributed by atoms with E-state index >= 15 is 0 Å². The first-order valence-electron chi connectivity index (χ1n) is 1.69. The van der Waals surface area contributed by atoms with E-state index in [1.807, 2.05) is 0 Å². The zero-order chi connectivity index (χ0) is 7.33. The maximum absolute atomic E-state index is 9.69. The molecule has 0 heterocycles. The Morgan fingerprint density at radius 2 is 2.33 bits per heavy atom. The van der Waals surface area contributed by atoms with Gasteiger partial charge in [-0.2, -0.15) is 8.42 Å². The van der Waals surface area contributed by atoms with Crippen molar-refractivity contribution in [2.45, 2.75) is 0 Å². The number of hydrogen-bond donors (Lipinski definition) is 1. The summed E-state index contributed by atoms with van der Waals surface area (Å²) in [5, 5.41) is 0. The van der Waals surface area contributed by atoms with Crippen LogP contribution in [0.4, 0.5) is 0 Å². The Morgan fingerprint density at radius 3 is 2.67 bits per heavy atom. The lowest BCUT2D eigenvalue weighted by atomic mass is 13.0. The molecule has 0 fully saturated rings. The normalized spacial score (nSPS) is 11.7. The minimum atomic E-state index is -4.40. The van der Waals surface area contributed by atoms with E-state index in [4.69, 9.17) is 10.1 Å². The van der Waals surface area contributed by atoms with Gasteiger partial charge in [-0.05, 0) is 10.4 Å².